The third-order valence-corrected chi connectivity index (χ3v) is 4.92. The fourth-order valence-electron chi connectivity index (χ4n) is 3.46. The number of aromatic nitrogens is 2. The molecule has 5 nitrogen and oxygen atoms in total. The van der Waals surface area contributed by atoms with Gasteiger partial charge in [0.15, 0.2) is 0 Å². The number of rotatable bonds is 3. The number of carboxylic acids is 1. The molecule has 2 fully saturated rings. The highest BCUT2D eigenvalue weighted by atomic mass is 32.2. The van der Waals surface area contributed by atoms with Gasteiger partial charge in [0.1, 0.15) is 23.2 Å². The van der Waals surface area contributed by atoms with E-state index in [0.717, 1.165) is 36.7 Å². The maximum atomic E-state index is 11.6. The SMILES string of the molecule is CSc1cc(N2CC3CCCC3C2C(=O)O)ncn1. The minimum absolute atomic E-state index is 0.283. The highest BCUT2D eigenvalue weighted by molar-refractivity contribution is 7.98. The molecule has 6 heteroatoms. The second-order valence-electron chi connectivity index (χ2n) is 5.21. The van der Waals surface area contributed by atoms with Crippen LogP contribution in [-0.4, -0.2) is 39.9 Å². The molecular weight excluding hydrogens is 262 g/mol. The van der Waals surface area contributed by atoms with Gasteiger partial charge in [0, 0.05) is 12.6 Å². The molecule has 1 aromatic rings. The zero-order valence-electron chi connectivity index (χ0n) is 10.8. The van der Waals surface area contributed by atoms with E-state index in [2.05, 4.69) is 9.97 Å². The summed E-state index contributed by atoms with van der Waals surface area (Å²) < 4.78 is 0. The maximum absolute atomic E-state index is 11.6. The van der Waals surface area contributed by atoms with Gasteiger partial charge in [-0.2, -0.15) is 0 Å². The smallest absolute Gasteiger partial charge is 0.326 e. The van der Waals surface area contributed by atoms with Gasteiger partial charge in [0.2, 0.25) is 0 Å². The van der Waals surface area contributed by atoms with Crippen LogP contribution in [0.4, 0.5) is 5.82 Å². The molecule has 3 unspecified atom stereocenters. The van der Waals surface area contributed by atoms with Crippen molar-refractivity contribution in [1.82, 2.24) is 9.97 Å². The van der Waals surface area contributed by atoms with Crippen LogP contribution in [0.5, 0.6) is 0 Å². The Hall–Kier alpha value is -1.30. The molecule has 0 bridgehead atoms. The molecule has 102 valence electrons. The molecule has 1 saturated carbocycles. The van der Waals surface area contributed by atoms with Crippen LogP contribution in [0, 0.1) is 11.8 Å². The molecule has 1 N–H and O–H groups in total. The summed E-state index contributed by atoms with van der Waals surface area (Å²) in [5, 5.41) is 10.4. The Balaban J connectivity index is 1.92. The van der Waals surface area contributed by atoms with E-state index in [1.807, 2.05) is 17.2 Å². The molecule has 1 saturated heterocycles. The molecule has 0 aromatic carbocycles. The van der Waals surface area contributed by atoms with E-state index in [0.29, 0.717) is 5.92 Å². The first-order valence-corrected chi connectivity index (χ1v) is 7.78. The van der Waals surface area contributed by atoms with Crippen molar-refractivity contribution >= 4 is 23.5 Å². The van der Waals surface area contributed by atoms with Gasteiger partial charge in [-0.3, -0.25) is 0 Å². The lowest BCUT2D eigenvalue weighted by atomic mass is 9.94. The number of hydrogen-bond donors (Lipinski definition) is 1. The van der Waals surface area contributed by atoms with Gasteiger partial charge in [-0.05, 0) is 30.9 Å². The minimum atomic E-state index is -0.723. The summed E-state index contributed by atoms with van der Waals surface area (Å²) in [4.78, 5) is 22.0. The van der Waals surface area contributed by atoms with E-state index in [4.69, 9.17) is 0 Å². The van der Waals surface area contributed by atoms with E-state index in [1.54, 1.807) is 11.8 Å². The van der Waals surface area contributed by atoms with Crippen molar-refractivity contribution in [2.75, 3.05) is 17.7 Å². The van der Waals surface area contributed by atoms with E-state index in [9.17, 15) is 9.90 Å². The van der Waals surface area contributed by atoms with Crippen molar-refractivity contribution < 1.29 is 9.90 Å². The molecule has 19 heavy (non-hydrogen) atoms. The third kappa shape index (κ3) is 2.18. The topological polar surface area (TPSA) is 66.3 Å². The molecule has 2 aliphatic rings. The van der Waals surface area contributed by atoms with Crippen molar-refractivity contribution in [3.8, 4) is 0 Å². The fourth-order valence-corrected chi connectivity index (χ4v) is 3.83. The zero-order valence-corrected chi connectivity index (χ0v) is 11.6. The average Bonchev–Trinajstić information content (AvgIpc) is 2.98. The van der Waals surface area contributed by atoms with Gasteiger partial charge >= 0.3 is 5.97 Å². The number of anilines is 1. The predicted molar refractivity (Wildman–Crippen MR) is 73.4 cm³/mol. The van der Waals surface area contributed by atoms with Crippen LogP contribution < -0.4 is 4.90 Å². The van der Waals surface area contributed by atoms with Gasteiger partial charge in [0.25, 0.3) is 0 Å². The van der Waals surface area contributed by atoms with Crippen LogP contribution in [0.25, 0.3) is 0 Å². The van der Waals surface area contributed by atoms with Crippen LogP contribution >= 0.6 is 11.8 Å². The summed E-state index contributed by atoms with van der Waals surface area (Å²) in [5.74, 6) is 0.818. The first kappa shape index (κ1) is 12.7. The number of aliphatic carboxylic acids is 1. The number of fused-ring (bicyclic) bond motifs is 1. The lowest BCUT2D eigenvalue weighted by Gasteiger charge is -2.25. The summed E-state index contributed by atoms with van der Waals surface area (Å²) in [6, 6.07) is 1.47. The molecule has 2 heterocycles. The fraction of sp³-hybridized carbons (Fsp3) is 0.615. The van der Waals surface area contributed by atoms with Crippen LogP contribution in [0.3, 0.4) is 0 Å². The molecule has 3 rings (SSSR count). The van der Waals surface area contributed by atoms with Gasteiger partial charge < -0.3 is 10.0 Å². The number of hydrogen-bond acceptors (Lipinski definition) is 5. The highest BCUT2D eigenvalue weighted by Gasteiger charge is 2.48. The Bertz CT molecular complexity index is 497. The van der Waals surface area contributed by atoms with Crippen LogP contribution in [0.1, 0.15) is 19.3 Å². The van der Waals surface area contributed by atoms with Crippen LogP contribution in [0.15, 0.2) is 17.4 Å². The first-order valence-electron chi connectivity index (χ1n) is 6.56. The van der Waals surface area contributed by atoms with Crippen LogP contribution in [-0.2, 0) is 4.79 Å². The Morgan fingerprint density at radius 3 is 3.05 bits per heavy atom. The predicted octanol–water partition coefficient (Wildman–Crippen LogP) is 1.89. The standard InChI is InChI=1S/C13H17N3O2S/c1-19-11-5-10(14-7-15-11)16-6-8-3-2-4-9(8)12(16)13(17)18/h5,7-9,12H,2-4,6H2,1H3,(H,17,18). The number of nitrogens with zero attached hydrogens (tertiary/aromatic N) is 3. The molecule has 0 amide bonds. The zero-order chi connectivity index (χ0) is 13.4. The summed E-state index contributed by atoms with van der Waals surface area (Å²) in [5.41, 5.74) is 0. The molecule has 3 atom stereocenters. The largest absolute Gasteiger partial charge is 0.480 e. The van der Waals surface area contributed by atoms with E-state index >= 15 is 0 Å². The Labute approximate surface area is 116 Å². The van der Waals surface area contributed by atoms with Gasteiger partial charge in [-0.25, -0.2) is 14.8 Å². The lowest BCUT2D eigenvalue weighted by Crippen LogP contribution is -2.40. The molecule has 1 aromatic heterocycles. The van der Waals surface area contributed by atoms with E-state index in [-0.39, 0.29) is 5.92 Å². The summed E-state index contributed by atoms with van der Waals surface area (Å²) in [6.45, 7) is 0.812. The Morgan fingerprint density at radius 1 is 1.47 bits per heavy atom. The maximum Gasteiger partial charge on any atom is 0.326 e. The lowest BCUT2D eigenvalue weighted by molar-refractivity contribution is -0.139. The normalized spacial score (nSPS) is 29.5. The molecule has 0 radical (unpaired) electrons. The highest BCUT2D eigenvalue weighted by Crippen LogP contribution is 2.43. The molecule has 1 aliphatic carbocycles. The monoisotopic (exact) mass is 279 g/mol. The van der Waals surface area contributed by atoms with Gasteiger partial charge in [-0.15, -0.1) is 11.8 Å². The van der Waals surface area contributed by atoms with Gasteiger partial charge in [-0.1, -0.05) is 6.42 Å². The second-order valence-corrected chi connectivity index (χ2v) is 6.04. The molecule has 1 aliphatic heterocycles. The van der Waals surface area contributed by atoms with Crippen LogP contribution in [0.2, 0.25) is 0 Å². The first-order chi connectivity index (χ1) is 9.20. The van der Waals surface area contributed by atoms with Crippen molar-refractivity contribution in [3.63, 3.8) is 0 Å². The minimum Gasteiger partial charge on any atom is -0.480 e. The third-order valence-electron chi connectivity index (χ3n) is 4.27. The summed E-state index contributed by atoms with van der Waals surface area (Å²) >= 11 is 1.55. The van der Waals surface area contributed by atoms with Crippen molar-refractivity contribution in [3.05, 3.63) is 12.4 Å². The average molecular weight is 279 g/mol. The van der Waals surface area contributed by atoms with Crippen molar-refractivity contribution in [2.45, 2.75) is 30.3 Å². The molecular formula is C13H17N3O2S. The van der Waals surface area contributed by atoms with E-state index in [1.165, 1.54) is 6.33 Å². The Kier molecular flexibility index (Phi) is 3.35. The number of thioether (sulfide) groups is 1. The van der Waals surface area contributed by atoms with Gasteiger partial charge in [0.05, 0.1) is 0 Å². The number of carboxylic acid groups (broad SMARTS) is 1. The summed E-state index contributed by atoms with van der Waals surface area (Å²) in [7, 11) is 0. The number of carbonyl (C=O) groups is 1. The van der Waals surface area contributed by atoms with E-state index < -0.39 is 12.0 Å². The summed E-state index contributed by atoms with van der Waals surface area (Å²) in [6.07, 6.45) is 6.81. The Morgan fingerprint density at radius 2 is 2.32 bits per heavy atom. The quantitative estimate of drug-likeness (QED) is 0.673. The molecule has 0 spiro atoms. The van der Waals surface area contributed by atoms with Crippen molar-refractivity contribution in [1.29, 1.82) is 0 Å². The van der Waals surface area contributed by atoms with Crippen molar-refractivity contribution in [2.24, 2.45) is 11.8 Å². The second kappa shape index (κ2) is 5.00.